The van der Waals surface area contributed by atoms with Gasteiger partial charge in [-0.2, -0.15) is 0 Å². The first-order chi connectivity index (χ1) is 8.04. The lowest BCUT2D eigenvalue weighted by atomic mass is 10.0. The Hall–Kier alpha value is -1.61. The van der Waals surface area contributed by atoms with Crippen LogP contribution in [0.1, 0.15) is 24.3 Å². The van der Waals surface area contributed by atoms with Gasteiger partial charge >= 0.3 is 0 Å². The lowest BCUT2D eigenvalue weighted by Gasteiger charge is -2.14. The average Bonchev–Trinajstić information content (AvgIpc) is 2.58. The molecule has 1 unspecified atom stereocenters. The highest BCUT2D eigenvalue weighted by Gasteiger charge is 2.19. The third-order valence-corrected chi connectivity index (χ3v) is 2.98. The normalized spacial score (nSPS) is 12.9. The molecule has 17 heavy (non-hydrogen) atoms. The van der Waals surface area contributed by atoms with Crippen LogP contribution in [0.2, 0.25) is 0 Å². The fourth-order valence-electron chi connectivity index (χ4n) is 2.09. The quantitative estimate of drug-likeness (QED) is 0.817. The van der Waals surface area contributed by atoms with Gasteiger partial charge in [0, 0.05) is 10.9 Å². The lowest BCUT2D eigenvalue weighted by Crippen LogP contribution is -2.17. The Labute approximate surface area is 100 Å². The maximum Gasteiger partial charge on any atom is 0.134 e. The first-order valence-electron chi connectivity index (χ1n) is 5.55. The molecular formula is C14H16FNO. The van der Waals surface area contributed by atoms with Crippen molar-refractivity contribution in [1.29, 1.82) is 0 Å². The van der Waals surface area contributed by atoms with Gasteiger partial charge in [0.1, 0.15) is 17.2 Å². The minimum Gasteiger partial charge on any atom is -0.459 e. The summed E-state index contributed by atoms with van der Waals surface area (Å²) in [5.74, 6) is 0.560. The molecule has 0 saturated carbocycles. The molecule has 1 atom stereocenters. The van der Waals surface area contributed by atoms with E-state index in [2.05, 4.69) is 11.9 Å². The summed E-state index contributed by atoms with van der Waals surface area (Å²) < 4.78 is 19.0. The number of rotatable bonds is 3. The van der Waals surface area contributed by atoms with E-state index in [1.807, 2.05) is 20.9 Å². The van der Waals surface area contributed by atoms with Crippen molar-refractivity contribution in [2.75, 3.05) is 7.05 Å². The molecular weight excluding hydrogens is 217 g/mol. The molecule has 1 aromatic carbocycles. The summed E-state index contributed by atoms with van der Waals surface area (Å²) >= 11 is 0. The molecule has 0 aliphatic rings. The van der Waals surface area contributed by atoms with Crippen molar-refractivity contribution in [2.45, 2.75) is 19.9 Å². The Bertz CT molecular complexity index is 571. The summed E-state index contributed by atoms with van der Waals surface area (Å²) in [6.07, 6.45) is 0. The second-order valence-electron chi connectivity index (χ2n) is 4.30. The Morgan fingerprint density at radius 3 is 2.76 bits per heavy atom. The van der Waals surface area contributed by atoms with Crippen molar-refractivity contribution >= 4 is 11.0 Å². The first kappa shape index (κ1) is 11.9. The van der Waals surface area contributed by atoms with E-state index in [4.69, 9.17) is 4.42 Å². The molecule has 0 aliphatic carbocycles. The molecule has 0 saturated heterocycles. The maximum absolute atomic E-state index is 13.2. The van der Waals surface area contributed by atoms with E-state index in [9.17, 15) is 4.39 Å². The zero-order valence-electron chi connectivity index (χ0n) is 10.3. The van der Waals surface area contributed by atoms with Crippen LogP contribution >= 0.6 is 0 Å². The van der Waals surface area contributed by atoms with Crippen LogP contribution in [-0.4, -0.2) is 7.05 Å². The standard InChI is InChI=1S/C14H16FNO/c1-8(2)13(16-4)14-9(3)11-7-10(15)5-6-12(11)17-14/h5-7,13,16H,1H2,2-4H3. The largest absolute Gasteiger partial charge is 0.459 e. The van der Waals surface area contributed by atoms with Gasteiger partial charge in [-0.15, -0.1) is 0 Å². The summed E-state index contributed by atoms with van der Waals surface area (Å²) in [4.78, 5) is 0. The molecule has 0 fully saturated rings. The van der Waals surface area contributed by atoms with Crippen molar-refractivity contribution in [3.63, 3.8) is 0 Å². The van der Waals surface area contributed by atoms with Crippen LogP contribution in [0.15, 0.2) is 34.8 Å². The molecule has 3 heteroatoms. The van der Waals surface area contributed by atoms with Gasteiger partial charge in [0.25, 0.3) is 0 Å². The molecule has 0 radical (unpaired) electrons. The summed E-state index contributed by atoms with van der Waals surface area (Å²) in [6, 6.07) is 4.53. The van der Waals surface area contributed by atoms with Crippen molar-refractivity contribution in [3.05, 3.63) is 47.5 Å². The van der Waals surface area contributed by atoms with Crippen LogP contribution in [0.25, 0.3) is 11.0 Å². The predicted octanol–water partition coefficient (Wildman–Crippen LogP) is 3.72. The van der Waals surface area contributed by atoms with Crippen LogP contribution in [0.4, 0.5) is 4.39 Å². The minimum atomic E-state index is -0.246. The number of benzene rings is 1. The molecule has 1 N–H and O–H groups in total. The van der Waals surface area contributed by atoms with E-state index in [1.54, 1.807) is 6.07 Å². The van der Waals surface area contributed by atoms with Crippen LogP contribution in [0.5, 0.6) is 0 Å². The number of aryl methyl sites for hydroxylation is 1. The van der Waals surface area contributed by atoms with E-state index in [-0.39, 0.29) is 11.9 Å². The van der Waals surface area contributed by atoms with Gasteiger partial charge < -0.3 is 9.73 Å². The lowest BCUT2D eigenvalue weighted by molar-refractivity contribution is 0.484. The summed E-state index contributed by atoms with van der Waals surface area (Å²) in [7, 11) is 1.85. The van der Waals surface area contributed by atoms with Crippen LogP contribution in [0, 0.1) is 12.7 Å². The zero-order chi connectivity index (χ0) is 12.6. The Morgan fingerprint density at radius 1 is 1.47 bits per heavy atom. The second-order valence-corrected chi connectivity index (χ2v) is 4.30. The molecule has 90 valence electrons. The topological polar surface area (TPSA) is 25.2 Å². The zero-order valence-corrected chi connectivity index (χ0v) is 10.3. The highest BCUT2D eigenvalue weighted by Crippen LogP contribution is 2.32. The van der Waals surface area contributed by atoms with Crippen molar-refractivity contribution in [2.24, 2.45) is 0 Å². The number of nitrogens with one attached hydrogen (secondary N) is 1. The first-order valence-corrected chi connectivity index (χ1v) is 5.55. The number of hydrogen-bond donors (Lipinski definition) is 1. The number of hydrogen-bond acceptors (Lipinski definition) is 2. The fourth-order valence-corrected chi connectivity index (χ4v) is 2.09. The van der Waals surface area contributed by atoms with E-state index in [1.165, 1.54) is 12.1 Å². The maximum atomic E-state index is 13.2. The second kappa shape index (κ2) is 4.34. The Kier molecular flexibility index (Phi) is 3.03. The molecule has 0 aliphatic heterocycles. The average molecular weight is 233 g/mol. The summed E-state index contributed by atoms with van der Waals surface area (Å²) in [5.41, 5.74) is 2.64. The molecule has 2 aromatic rings. The molecule has 0 bridgehead atoms. The predicted molar refractivity (Wildman–Crippen MR) is 67.5 cm³/mol. The van der Waals surface area contributed by atoms with Crippen LogP contribution in [0.3, 0.4) is 0 Å². The van der Waals surface area contributed by atoms with Crippen molar-refractivity contribution in [3.8, 4) is 0 Å². The van der Waals surface area contributed by atoms with Crippen molar-refractivity contribution < 1.29 is 8.81 Å². The minimum absolute atomic E-state index is 0.0366. The smallest absolute Gasteiger partial charge is 0.134 e. The van der Waals surface area contributed by atoms with Gasteiger partial charge in [-0.25, -0.2) is 4.39 Å². The monoisotopic (exact) mass is 233 g/mol. The number of likely N-dealkylation sites (N-methyl/N-ethyl adjacent to an activating group) is 1. The Balaban J connectivity index is 2.63. The number of halogens is 1. The van der Waals surface area contributed by atoms with Gasteiger partial charge in [-0.3, -0.25) is 0 Å². The van der Waals surface area contributed by atoms with Gasteiger partial charge in [0.2, 0.25) is 0 Å². The van der Waals surface area contributed by atoms with Crippen LogP contribution < -0.4 is 5.32 Å². The van der Waals surface area contributed by atoms with E-state index in [0.717, 1.165) is 22.3 Å². The highest BCUT2D eigenvalue weighted by atomic mass is 19.1. The highest BCUT2D eigenvalue weighted by molar-refractivity contribution is 5.82. The summed E-state index contributed by atoms with van der Waals surface area (Å²) in [6.45, 7) is 7.81. The molecule has 0 spiro atoms. The Morgan fingerprint density at radius 2 is 2.18 bits per heavy atom. The van der Waals surface area contributed by atoms with Gasteiger partial charge in [-0.05, 0) is 39.1 Å². The third-order valence-electron chi connectivity index (χ3n) is 2.98. The number of fused-ring (bicyclic) bond motifs is 1. The summed E-state index contributed by atoms with van der Waals surface area (Å²) in [5, 5.41) is 3.97. The third kappa shape index (κ3) is 1.98. The van der Waals surface area contributed by atoms with E-state index < -0.39 is 0 Å². The fraction of sp³-hybridized carbons (Fsp3) is 0.286. The molecule has 1 heterocycles. The van der Waals surface area contributed by atoms with E-state index in [0.29, 0.717) is 5.58 Å². The van der Waals surface area contributed by atoms with E-state index >= 15 is 0 Å². The van der Waals surface area contributed by atoms with Gasteiger partial charge in [0.15, 0.2) is 0 Å². The number of furan rings is 1. The molecule has 2 nitrogen and oxygen atoms in total. The van der Waals surface area contributed by atoms with Gasteiger partial charge in [-0.1, -0.05) is 12.2 Å². The molecule has 2 rings (SSSR count). The van der Waals surface area contributed by atoms with Crippen LogP contribution in [-0.2, 0) is 0 Å². The van der Waals surface area contributed by atoms with Crippen molar-refractivity contribution in [1.82, 2.24) is 5.32 Å². The molecule has 1 aromatic heterocycles. The molecule has 0 amide bonds. The SMILES string of the molecule is C=C(C)C(NC)c1oc2ccc(F)cc2c1C. The van der Waals surface area contributed by atoms with Gasteiger partial charge in [0.05, 0.1) is 6.04 Å².